The molecule has 5 rings (SSSR count). The second-order valence-corrected chi connectivity index (χ2v) is 8.92. The topological polar surface area (TPSA) is 84.6 Å². The lowest BCUT2D eigenvalue weighted by atomic mass is 9.91. The second kappa shape index (κ2) is 8.76. The van der Waals surface area contributed by atoms with Crippen LogP contribution in [0.4, 0.5) is 5.95 Å². The highest BCUT2D eigenvalue weighted by Crippen LogP contribution is 2.35. The Kier molecular flexibility index (Phi) is 5.69. The van der Waals surface area contributed by atoms with Crippen LogP contribution in [0.2, 0.25) is 0 Å². The number of likely N-dealkylation sites (tertiary alicyclic amines) is 1. The summed E-state index contributed by atoms with van der Waals surface area (Å²) in [7, 11) is 0. The zero-order valence-electron chi connectivity index (χ0n) is 17.5. The molecule has 0 bridgehead atoms. The third kappa shape index (κ3) is 4.20. The molecule has 5 heterocycles. The highest BCUT2D eigenvalue weighted by molar-refractivity contribution is 7.12. The second-order valence-electron chi connectivity index (χ2n) is 7.97. The van der Waals surface area contributed by atoms with E-state index in [2.05, 4.69) is 15.0 Å². The monoisotopic (exact) mass is 439 g/mol. The average molecular weight is 440 g/mol. The summed E-state index contributed by atoms with van der Waals surface area (Å²) in [5, 5.41) is 5.99. The third-order valence-electron chi connectivity index (χ3n) is 5.82. The van der Waals surface area contributed by atoms with Gasteiger partial charge in [-0.25, -0.2) is 9.97 Å². The molecule has 162 valence electrons. The highest BCUT2D eigenvalue weighted by Gasteiger charge is 2.30. The zero-order chi connectivity index (χ0) is 21.2. The number of carbonyl (C=O) groups excluding carboxylic acids is 1. The van der Waals surface area contributed by atoms with E-state index in [1.165, 1.54) is 11.3 Å². The first-order valence-corrected chi connectivity index (χ1v) is 11.5. The number of carbonyl (C=O) groups is 1. The van der Waals surface area contributed by atoms with Gasteiger partial charge in [-0.1, -0.05) is 11.2 Å². The Morgan fingerprint density at radius 3 is 2.87 bits per heavy atom. The predicted octanol–water partition coefficient (Wildman–Crippen LogP) is 3.36. The van der Waals surface area contributed by atoms with Crippen LogP contribution < -0.4 is 4.90 Å². The maximum absolute atomic E-state index is 13.0. The van der Waals surface area contributed by atoms with Crippen LogP contribution in [-0.2, 0) is 4.74 Å². The Balaban J connectivity index is 1.48. The van der Waals surface area contributed by atoms with Gasteiger partial charge >= 0.3 is 0 Å². The van der Waals surface area contributed by atoms with Crippen LogP contribution in [0.15, 0.2) is 34.3 Å². The summed E-state index contributed by atoms with van der Waals surface area (Å²) in [4.78, 5) is 27.5. The Morgan fingerprint density at radius 2 is 2.13 bits per heavy atom. The minimum absolute atomic E-state index is 0.0965. The molecule has 9 heteroatoms. The van der Waals surface area contributed by atoms with Crippen molar-refractivity contribution in [2.75, 3.05) is 44.3 Å². The number of hydrogen-bond donors (Lipinski definition) is 0. The Bertz CT molecular complexity index is 1050. The molecule has 0 saturated carbocycles. The van der Waals surface area contributed by atoms with E-state index in [4.69, 9.17) is 14.2 Å². The number of amides is 1. The number of nitrogens with zero attached hydrogens (tertiary/aromatic N) is 5. The fraction of sp³-hybridized carbons (Fsp3) is 0.455. The summed E-state index contributed by atoms with van der Waals surface area (Å²) in [6, 6.07) is 5.72. The van der Waals surface area contributed by atoms with E-state index in [0.29, 0.717) is 31.5 Å². The molecule has 0 spiro atoms. The van der Waals surface area contributed by atoms with Gasteiger partial charge < -0.3 is 19.1 Å². The van der Waals surface area contributed by atoms with Gasteiger partial charge in [-0.05, 0) is 31.2 Å². The minimum Gasteiger partial charge on any atom is -0.378 e. The van der Waals surface area contributed by atoms with E-state index in [9.17, 15) is 4.79 Å². The van der Waals surface area contributed by atoms with Crippen LogP contribution in [0.3, 0.4) is 0 Å². The van der Waals surface area contributed by atoms with E-state index in [-0.39, 0.29) is 11.8 Å². The quantitative estimate of drug-likeness (QED) is 0.616. The van der Waals surface area contributed by atoms with Crippen LogP contribution >= 0.6 is 11.3 Å². The van der Waals surface area contributed by atoms with Gasteiger partial charge in [0.15, 0.2) is 5.76 Å². The van der Waals surface area contributed by atoms with Gasteiger partial charge in [0.05, 0.1) is 35.0 Å². The normalized spacial score (nSPS) is 19.6. The van der Waals surface area contributed by atoms with Gasteiger partial charge in [0.25, 0.3) is 5.91 Å². The van der Waals surface area contributed by atoms with Crippen molar-refractivity contribution in [2.45, 2.75) is 25.7 Å². The molecule has 2 fully saturated rings. The molecule has 0 aromatic carbocycles. The van der Waals surface area contributed by atoms with Crippen molar-refractivity contribution in [1.29, 1.82) is 0 Å². The van der Waals surface area contributed by atoms with Gasteiger partial charge in [-0.3, -0.25) is 4.79 Å². The van der Waals surface area contributed by atoms with E-state index >= 15 is 0 Å². The molecule has 3 aromatic rings. The number of hydrogen-bond acceptors (Lipinski definition) is 8. The first-order chi connectivity index (χ1) is 15.2. The van der Waals surface area contributed by atoms with Gasteiger partial charge in [-0.2, -0.15) is 0 Å². The molecular weight excluding hydrogens is 414 g/mol. The molecule has 0 unspecified atom stereocenters. The predicted molar refractivity (Wildman–Crippen MR) is 117 cm³/mol. The Morgan fingerprint density at radius 1 is 1.26 bits per heavy atom. The number of ether oxygens (including phenoxy) is 1. The molecule has 2 aliphatic heterocycles. The van der Waals surface area contributed by atoms with Crippen LogP contribution in [0.25, 0.3) is 11.3 Å². The van der Waals surface area contributed by atoms with E-state index in [1.807, 2.05) is 41.6 Å². The number of piperidine rings is 1. The fourth-order valence-electron chi connectivity index (χ4n) is 4.23. The summed E-state index contributed by atoms with van der Waals surface area (Å²) in [6.45, 7) is 6.20. The summed E-state index contributed by atoms with van der Waals surface area (Å²) in [6.07, 6.45) is 3.74. The van der Waals surface area contributed by atoms with E-state index < -0.39 is 0 Å². The third-order valence-corrected chi connectivity index (χ3v) is 6.68. The van der Waals surface area contributed by atoms with Crippen LogP contribution in [-0.4, -0.2) is 65.3 Å². The lowest BCUT2D eigenvalue weighted by Gasteiger charge is -2.33. The number of morpholine rings is 1. The highest BCUT2D eigenvalue weighted by atomic mass is 32.1. The Hall–Kier alpha value is -2.78. The number of aromatic nitrogens is 3. The maximum atomic E-state index is 13.0. The summed E-state index contributed by atoms with van der Waals surface area (Å²) >= 11 is 1.49. The first-order valence-electron chi connectivity index (χ1n) is 10.6. The van der Waals surface area contributed by atoms with Gasteiger partial charge in [0.2, 0.25) is 5.95 Å². The zero-order valence-corrected chi connectivity index (χ0v) is 18.3. The summed E-state index contributed by atoms with van der Waals surface area (Å²) in [5.74, 6) is 1.59. The molecule has 31 heavy (non-hydrogen) atoms. The average Bonchev–Trinajstić information content (AvgIpc) is 3.51. The van der Waals surface area contributed by atoms with Crippen LogP contribution in [0.1, 0.15) is 39.8 Å². The lowest BCUT2D eigenvalue weighted by Crippen LogP contribution is -2.40. The molecule has 1 atom stereocenters. The Labute approximate surface area is 184 Å². The number of anilines is 1. The molecule has 0 radical (unpaired) electrons. The maximum Gasteiger partial charge on any atom is 0.263 e. The molecule has 0 N–H and O–H groups in total. The SMILES string of the molecule is Cc1cc(-c2cnc(N3CCOCC3)nc2[C@H]2CCCN(C(=O)c3cccs3)C2)on1. The lowest BCUT2D eigenvalue weighted by molar-refractivity contribution is 0.0711. The standard InChI is InChI=1S/C22H25N5O3S/c1-15-12-18(30-25-15)17-13-23-22(26-7-9-29-10-8-26)24-20(17)16-4-2-6-27(14-16)21(28)19-5-3-11-31-19/h3,5,11-13,16H,2,4,6-10,14H2,1H3/t16-/m0/s1. The van der Waals surface area contributed by atoms with Crippen molar-refractivity contribution in [3.63, 3.8) is 0 Å². The van der Waals surface area contributed by atoms with Crippen molar-refractivity contribution >= 4 is 23.2 Å². The smallest absolute Gasteiger partial charge is 0.263 e. The number of aryl methyl sites for hydroxylation is 1. The van der Waals surface area contributed by atoms with Gasteiger partial charge in [-0.15, -0.1) is 11.3 Å². The molecule has 2 saturated heterocycles. The molecule has 0 aliphatic carbocycles. The van der Waals surface area contributed by atoms with Crippen molar-refractivity contribution in [2.24, 2.45) is 0 Å². The largest absolute Gasteiger partial charge is 0.378 e. The van der Waals surface area contributed by atoms with E-state index in [1.54, 1.807) is 0 Å². The molecular formula is C22H25N5O3S. The molecule has 8 nitrogen and oxygen atoms in total. The summed E-state index contributed by atoms with van der Waals surface area (Å²) in [5.41, 5.74) is 2.60. The van der Waals surface area contributed by atoms with Crippen molar-refractivity contribution < 1.29 is 14.1 Å². The van der Waals surface area contributed by atoms with E-state index in [0.717, 1.165) is 54.3 Å². The molecule has 2 aliphatic rings. The first kappa shape index (κ1) is 20.1. The fourth-order valence-corrected chi connectivity index (χ4v) is 4.92. The molecule has 1 amide bonds. The van der Waals surface area contributed by atoms with Crippen molar-refractivity contribution in [3.8, 4) is 11.3 Å². The van der Waals surface area contributed by atoms with Crippen molar-refractivity contribution in [1.82, 2.24) is 20.0 Å². The number of thiophene rings is 1. The van der Waals surface area contributed by atoms with Crippen LogP contribution in [0.5, 0.6) is 0 Å². The van der Waals surface area contributed by atoms with Crippen LogP contribution in [0, 0.1) is 6.92 Å². The minimum atomic E-state index is 0.0965. The molecule has 3 aromatic heterocycles. The number of rotatable bonds is 4. The van der Waals surface area contributed by atoms with Gasteiger partial charge in [0, 0.05) is 44.4 Å². The van der Waals surface area contributed by atoms with Gasteiger partial charge in [0.1, 0.15) is 0 Å². The van der Waals surface area contributed by atoms with Crippen molar-refractivity contribution in [3.05, 3.63) is 46.0 Å². The summed E-state index contributed by atoms with van der Waals surface area (Å²) < 4.78 is 11.0.